The number of anilines is 1. The monoisotopic (exact) mass is 271 g/mol. The quantitative estimate of drug-likeness (QED) is 0.691. The van der Waals surface area contributed by atoms with E-state index in [2.05, 4.69) is 40.7 Å². The maximum absolute atomic E-state index is 4.32. The van der Waals surface area contributed by atoms with Crippen LogP contribution in [0.1, 0.15) is 18.1 Å². The van der Waals surface area contributed by atoms with Crippen molar-refractivity contribution in [1.82, 2.24) is 40.0 Å². The van der Waals surface area contributed by atoms with Crippen molar-refractivity contribution in [3.63, 3.8) is 0 Å². The van der Waals surface area contributed by atoms with Gasteiger partial charge in [0.05, 0.1) is 0 Å². The minimum atomic E-state index is 0.304. The molecule has 102 valence electrons. The van der Waals surface area contributed by atoms with E-state index in [1.165, 1.54) is 4.63 Å². The Morgan fingerprint density at radius 1 is 1.25 bits per heavy atom. The highest BCUT2D eigenvalue weighted by Gasteiger charge is 2.21. The Balaban J connectivity index is 1.56. The molecular formula is C11H13N9. The molecular weight excluding hydrogens is 258 g/mol. The molecule has 0 spiro atoms. The van der Waals surface area contributed by atoms with Gasteiger partial charge in [-0.1, -0.05) is 0 Å². The van der Waals surface area contributed by atoms with Crippen LogP contribution in [0.2, 0.25) is 0 Å². The van der Waals surface area contributed by atoms with Crippen LogP contribution in [0.4, 0.5) is 5.82 Å². The summed E-state index contributed by atoms with van der Waals surface area (Å²) in [5.74, 6) is 2.78. The van der Waals surface area contributed by atoms with Gasteiger partial charge in [-0.15, -0.1) is 25.0 Å². The van der Waals surface area contributed by atoms with Crippen molar-refractivity contribution in [2.24, 2.45) is 0 Å². The summed E-state index contributed by atoms with van der Waals surface area (Å²) in [6.45, 7) is 2.83. The lowest BCUT2D eigenvalue weighted by molar-refractivity contribution is 0.468. The Labute approximate surface area is 114 Å². The zero-order valence-corrected chi connectivity index (χ0v) is 10.9. The summed E-state index contributed by atoms with van der Waals surface area (Å²) in [5.41, 5.74) is 0.635. The first-order valence-electron chi connectivity index (χ1n) is 6.50. The second-order valence-electron chi connectivity index (χ2n) is 4.90. The molecule has 0 bridgehead atoms. The molecule has 1 aliphatic heterocycles. The molecule has 1 N–H and O–H groups in total. The van der Waals surface area contributed by atoms with Crippen molar-refractivity contribution in [2.75, 3.05) is 5.32 Å². The number of fused-ring (bicyclic) bond motifs is 2. The Hall–Kier alpha value is -2.58. The number of tetrazole rings is 1. The lowest BCUT2D eigenvalue weighted by Crippen LogP contribution is -2.32. The number of rotatable bonds is 2. The first-order chi connectivity index (χ1) is 9.79. The van der Waals surface area contributed by atoms with Crippen LogP contribution in [-0.4, -0.2) is 46.1 Å². The molecule has 0 aliphatic carbocycles. The first-order valence-corrected chi connectivity index (χ1v) is 6.50. The van der Waals surface area contributed by atoms with E-state index in [4.69, 9.17) is 0 Å². The molecule has 0 aromatic carbocycles. The standard InChI is InChI=1S/C11H13N9/c1-7-13-14-10-4-2-8(6-19(7)10)12-9-3-5-11-15-17-18-20(11)16-9/h3,5,8H,2,4,6H2,1H3,(H,12,16). The molecule has 0 saturated carbocycles. The Bertz CT molecular complexity index is 758. The van der Waals surface area contributed by atoms with Gasteiger partial charge in [0.1, 0.15) is 17.5 Å². The molecule has 9 nitrogen and oxygen atoms in total. The zero-order valence-electron chi connectivity index (χ0n) is 10.9. The van der Waals surface area contributed by atoms with Gasteiger partial charge < -0.3 is 9.88 Å². The SMILES string of the molecule is Cc1nnc2n1CC(Nc1ccc3nnnn3n1)CC2. The molecule has 3 aromatic rings. The lowest BCUT2D eigenvalue weighted by Gasteiger charge is -2.25. The first kappa shape index (κ1) is 11.3. The van der Waals surface area contributed by atoms with Crippen molar-refractivity contribution in [3.05, 3.63) is 23.8 Å². The van der Waals surface area contributed by atoms with Gasteiger partial charge in [-0.05, 0) is 35.9 Å². The normalized spacial score (nSPS) is 18.1. The van der Waals surface area contributed by atoms with Crippen LogP contribution < -0.4 is 5.32 Å². The van der Waals surface area contributed by atoms with Gasteiger partial charge >= 0.3 is 0 Å². The van der Waals surface area contributed by atoms with E-state index >= 15 is 0 Å². The zero-order chi connectivity index (χ0) is 13.5. The maximum Gasteiger partial charge on any atom is 0.200 e. The van der Waals surface area contributed by atoms with E-state index in [0.717, 1.165) is 36.9 Å². The fourth-order valence-electron chi connectivity index (χ4n) is 2.52. The number of hydrogen-bond donors (Lipinski definition) is 1. The van der Waals surface area contributed by atoms with E-state index in [-0.39, 0.29) is 0 Å². The summed E-state index contributed by atoms with van der Waals surface area (Å²) in [7, 11) is 0. The van der Waals surface area contributed by atoms with Crippen molar-refractivity contribution in [3.8, 4) is 0 Å². The number of hydrogen-bond acceptors (Lipinski definition) is 7. The number of aromatic nitrogens is 8. The highest BCUT2D eigenvalue weighted by Crippen LogP contribution is 2.17. The summed E-state index contributed by atoms with van der Waals surface area (Å²) < 4.78 is 3.57. The molecule has 1 atom stereocenters. The molecule has 9 heteroatoms. The lowest BCUT2D eigenvalue weighted by atomic mass is 10.1. The van der Waals surface area contributed by atoms with Gasteiger partial charge in [0.2, 0.25) is 0 Å². The van der Waals surface area contributed by atoms with Crippen LogP contribution in [0.25, 0.3) is 5.65 Å². The predicted molar refractivity (Wildman–Crippen MR) is 69.1 cm³/mol. The van der Waals surface area contributed by atoms with Gasteiger partial charge in [0, 0.05) is 19.0 Å². The summed E-state index contributed by atoms with van der Waals surface area (Å²) in [6.07, 6.45) is 1.93. The van der Waals surface area contributed by atoms with Crippen LogP contribution in [0.3, 0.4) is 0 Å². The Morgan fingerprint density at radius 3 is 3.15 bits per heavy atom. The maximum atomic E-state index is 4.32. The van der Waals surface area contributed by atoms with Crippen molar-refractivity contribution < 1.29 is 0 Å². The fourth-order valence-corrected chi connectivity index (χ4v) is 2.52. The molecule has 1 unspecified atom stereocenters. The van der Waals surface area contributed by atoms with Crippen LogP contribution in [0, 0.1) is 6.92 Å². The average molecular weight is 271 g/mol. The van der Waals surface area contributed by atoms with Gasteiger partial charge in [-0.2, -0.15) is 0 Å². The Kier molecular flexibility index (Phi) is 2.38. The summed E-state index contributed by atoms with van der Waals surface area (Å²) >= 11 is 0. The van der Waals surface area contributed by atoms with Crippen molar-refractivity contribution in [1.29, 1.82) is 0 Å². The fraction of sp³-hybridized carbons (Fsp3) is 0.455. The molecule has 0 fully saturated rings. The van der Waals surface area contributed by atoms with Crippen LogP contribution >= 0.6 is 0 Å². The number of aryl methyl sites for hydroxylation is 2. The summed E-state index contributed by atoms with van der Waals surface area (Å²) in [6, 6.07) is 4.03. The molecule has 4 rings (SSSR count). The van der Waals surface area contributed by atoms with Gasteiger partial charge in [0.15, 0.2) is 5.65 Å². The smallest absolute Gasteiger partial charge is 0.200 e. The molecule has 4 heterocycles. The Morgan fingerprint density at radius 2 is 2.20 bits per heavy atom. The molecule has 0 amide bonds. The minimum absolute atomic E-state index is 0.304. The predicted octanol–water partition coefficient (Wildman–Crippen LogP) is -0.154. The van der Waals surface area contributed by atoms with Gasteiger partial charge in [-0.25, -0.2) is 0 Å². The van der Waals surface area contributed by atoms with Gasteiger partial charge in [0.25, 0.3) is 0 Å². The summed E-state index contributed by atoms with van der Waals surface area (Å²) in [4.78, 5) is 0. The second-order valence-corrected chi connectivity index (χ2v) is 4.90. The highest BCUT2D eigenvalue weighted by molar-refractivity contribution is 5.42. The third-order valence-corrected chi connectivity index (χ3v) is 3.55. The molecule has 0 radical (unpaired) electrons. The van der Waals surface area contributed by atoms with Crippen LogP contribution in [-0.2, 0) is 13.0 Å². The topological polar surface area (TPSA) is 98.7 Å². The van der Waals surface area contributed by atoms with Crippen LogP contribution in [0.15, 0.2) is 12.1 Å². The minimum Gasteiger partial charge on any atom is -0.364 e. The highest BCUT2D eigenvalue weighted by atomic mass is 15.6. The van der Waals surface area contributed by atoms with Crippen molar-refractivity contribution >= 4 is 11.5 Å². The molecule has 20 heavy (non-hydrogen) atoms. The molecule has 3 aromatic heterocycles. The molecule has 1 aliphatic rings. The van der Waals surface area contributed by atoms with E-state index in [0.29, 0.717) is 11.7 Å². The van der Waals surface area contributed by atoms with E-state index < -0.39 is 0 Å². The summed E-state index contributed by atoms with van der Waals surface area (Å²) in [5, 5.41) is 27.2. The van der Waals surface area contributed by atoms with Crippen molar-refractivity contribution in [2.45, 2.75) is 32.4 Å². The number of nitrogens with zero attached hydrogens (tertiary/aromatic N) is 8. The van der Waals surface area contributed by atoms with Gasteiger partial charge in [-0.3, -0.25) is 0 Å². The third-order valence-electron chi connectivity index (χ3n) is 3.55. The van der Waals surface area contributed by atoms with E-state index in [9.17, 15) is 0 Å². The number of nitrogens with one attached hydrogen (secondary N) is 1. The largest absolute Gasteiger partial charge is 0.364 e. The third kappa shape index (κ3) is 1.78. The van der Waals surface area contributed by atoms with E-state index in [1.807, 2.05) is 19.1 Å². The second kappa shape index (κ2) is 4.22. The van der Waals surface area contributed by atoms with E-state index in [1.54, 1.807) is 0 Å². The van der Waals surface area contributed by atoms with Crippen LogP contribution in [0.5, 0.6) is 0 Å². The molecule has 0 saturated heterocycles. The average Bonchev–Trinajstić information content (AvgIpc) is 3.06.